The molecule has 0 aliphatic carbocycles. The molecule has 700 valence electrons. The second-order valence-electron chi connectivity index (χ2n) is 33.9. The lowest BCUT2D eigenvalue weighted by molar-refractivity contribution is -0.142. The topological polar surface area (TPSA) is 210 Å². The normalized spacial score (nSPS) is 12.6. The fraction of sp³-hybridized carbons (Fsp3) is 0.174. The third-order valence-corrected chi connectivity index (χ3v) is 24.1. The van der Waals surface area contributed by atoms with Crippen molar-refractivity contribution < 1.29 is 81.5 Å². The Morgan fingerprint density at radius 1 is 0.275 bits per heavy atom. The summed E-state index contributed by atoms with van der Waals surface area (Å²) in [6.45, 7) is 25.9. The molecule has 15 rings (SSSR count). The van der Waals surface area contributed by atoms with Crippen molar-refractivity contribution in [1.29, 1.82) is 0 Å². The number of aliphatic hydroxyl groups excluding tert-OH is 2. The van der Waals surface area contributed by atoms with Crippen molar-refractivity contribution in [3.05, 3.63) is 502 Å². The highest BCUT2D eigenvalue weighted by Gasteiger charge is 2.35. The van der Waals surface area contributed by atoms with E-state index >= 15 is 0 Å². The number of esters is 1. The summed E-state index contributed by atoms with van der Waals surface area (Å²) >= 11 is 0. The lowest BCUT2D eigenvalue weighted by atomic mass is 9.71. The summed E-state index contributed by atoms with van der Waals surface area (Å²) < 4.78 is 62.3. The molecular formula is C121H114O17. The van der Waals surface area contributed by atoms with Gasteiger partial charge in [-0.25, -0.2) is 4.79 Å². The molecule has 0 radical (unpaired) electrons. The minimum Gasteiger partial charge on any atom is -0.497 e. The van der Waals surface area contributed by atoms with E-state index in [9.17, 15) is 29.4 Å². The van der Waals surface area contributed by atoms with Crippen LogP contribution in [0.25, 0.3) is 0 Å². The molecule has 0 bridgehead atoms. The minimum absolute atomic E-state index is 0.0102. The van der Waals surface area contributed by atoms with Gasteiger partial charge in [0, 0.05) is 55.2 Å². The third kappa shape index (κ3) is 25.6. The summed E-state index contributed by atoms with van der Waals surface area (Å²) in [4.78, 5) is 50.2. The van der Waals surface area contributed by atoms with E-state index in [1.807, 2.05) is 263 Å². The summed E-state index contributed by atoms with van der Waals surface area (Å²) in [5, 5.41) is 20.3. The minimum atomic E-state index is -0.979. The Labute approximate surface area is 808 Å². The number of methoxy groups -OCH3 is 3. The van der Waals surface area contributed by atoms with E-state index in [2.05, 4.69) is 113 Å². The van der Waals surface area contributed by atoms with E-state index in [0.717, 1.165) is 89.8 Å². The monoisotopic (exact) mass is 1840 g/mol. The first-order chi connectivity index (χ1) is 66.8. The quantitative estimate of drug-likeness (QED) is 0.00913. The van der Waals surface area contributed by atoms with Crippen molar-refractivity contribution in [3.63, 3.8) is 0 Å². The molecule has 0 spiro atoms. The van der Waals surface area contributed by atoms with Crippen LogP contribution in [0.3, 0.4) is 0 Å². The highest BCUT2D eigenvalue weighted by molar-refractivity contribution is 6.10. The number of carbonyl (C=O) groups excluding carboxylic acids is 4. The highest BCUT2D eigenvalue weighted by Crippen LogP contribution is 2.45. The van der Waals surface area contributed by atoms with Crippen LogP contribution < -0.4 is 42.6 Å². The largest absolute Gasteiger partial charge is 0.497 e. The van der Waals surface area contributed by atoms with Crippen LogP contribution in [0.1, 0.15) is 142 Å². The molecule has 138 heavy (non-hydrogen) atoms. The number of rotatable bonds is 40. The van der Waals surface area contributed by atoms with E-state index < -0.39 is 34.4 Å². The van der Waals surface area contributed by atoms with Gasteiger partial charge in [-0.15, -0.1) is 6.58 Å². The first-order valence-electron chi connectivity index (χ1n) is 45.4. The zero-order valence-corrected chi connectivity index (χ0v) is 79.3. The van der Waals surface area contributed by atoms with Crippen molar-refractivity contribution in [2.45, 2.75) is 76.9 Å². The summed E-state index contributed by atoms with van der Waals surface area (Å²) in [7, 11) is 4.97. The van der Waals surface area contributed by atoms with Gasteiger partial charge in [-0.3, -0.25) is 14.4 Å². The Hall–Kier alpha value is -15.9. The Kier molecular flexibility index (Phi) is 34.1. The van der Waals surface area contributed by atoms with E-state index in [4.69, 9.17) is 52.1 Å². The Morgan fingerprint density at radius 3 is 0.688 bits per heavy atom. The number of benzene rings is 15. The molecule has 0 aliphatic heterocycles. The van der Waals surface area contributed by atoms with E-state index in [1.54, 1.807) is 88.9 Å². The number of hydrogen-bond donors (Lipinski definition) is 2. The Balaban J connectivity index is 0.000000175. The van der Waals surface area contributed by atoms with Gasteiger partial charge in [-0.1, -0.05) is 224 Å². The van der Waals surface area contributed by atoms with Crippen LogP contribution in [-0.2, 0) is 30.5 Å². The summed E-state index contributed by atoms with van der Waals surface area (Å²) in [5.41, 5.74) is 15.6. The molecular weight excluding hydrogens is 1730 g/mol. The SMILES string of the molecule is C=C(C)C(=O)OCC(O)COc1ccc(C(C)(c2ccc(OC)cc2)c2ccc(Oc3ccc(C(=O)c4ccc(C)cc4)cc3)cc2)cc1.C=CCOCC(O)COc1ccc(C(C)(c2ccc(OC)cc2)c2ccc(Oc3ccc(C(=O)c4ccc(C)cc4)cc3)cc2)cc1.C=CCOc1ccc(C(C)(c2ccc(OC)cc2)c2ccc(Oc3ccc(C(=O)c4ccc(C)cc4)cc3)cc2)cc1. The molecule has 0 aliphatic rings. The van der Waals surface area contributed by atoms with Crippen molar-refractivity contribution in [1.82, 2.24) is 0 Å². The number of ether oxygens (including phenoxy) is 11. The molecule has 5 atom stereocenters. The van der Waals surface area contributed by atoms with E-state index in [0.29, 0.717) is 92.6 Å². The maximum Gasteiger partial charge on any atom is 0.333 e. The number of carbonyl (C=O) groups is 4. The molecule has 0 aromatic heterocycles. The Morgan fingerprint density at radius 2 is 0.471 bits per heavy atom. The summed E-state index contributed by atoms with van der Waals surface area (Å²) in [6.07, 6.45) is 1.66. The number of aryl methyl sites for hydroxylation is 3. The second kappa shape index (κ2) is 47.3. The number of aliphatic hydroxyl groups is 2. The standard InChI is InChI=1S/C42H40O7.C41H40O6.C38H34O4/c1-28(2)41(45)48-27-35(43)26-47-37-22-14-33(15-23-37)42(4,32-12-20-36(46-5)21-13-32)34-16-24-39(25-17-34)49-38-18-10-31(11-19-38)40(44)30-8-6-29(3)7-9-30;1-5-26-45-27-35(42)28-46-37-22-14-33(15-23-37)41(3,32-12-20-36(44-4)21-13-32)34-16-24-39(25-17-34)47-38-18-10-31(11-19-38)40(43)30-8-6-29(2)7-9-30;1-5-26-41-34-22-14-31(15-23-34)38(3,30-12-20-33(40-4)21-13-30)32-16-24-36(25-17-32)42-35-18-10-29(11-19-35)37(39)28-8-6-27(2)7-9-28/h6-25,35,43H,1,26-27H2,2-5H3;5-25,35,42H,1,26-28H2,2-4H3;5-25H,1,26H2,2-4H3. The number of hydrogen-bond acceptors (Lipinski definition) is 17. The van der Waals surface area contributed by atoms with Gasteiger partial charge in [-0.05, 0) is 281 Å². The molecule has 0 saturated carbocycles. The van der Waals surface area contributed by atoms with Gasteiger partial charge in [0.25, 0.3) is 0 Å². The first kappa shape index (κ1) is 99.6. The zero-order chi connectivity index (χ0) is 97.7. The molecule has 0 saturated heterocycles. The van der Waals surface area contributed by atoms with Gasteiger partial charge in [0.05, 0.1) is 34.5 Å². The first-order valence-corrected chi connectivity index (χ1v) is 45.4. The van der Waals surface area contributed by atoms with Crippen LogP contribution in [0.15, 0.2) is 401 Å². The lowest BCUT2D eigenvalue weighted by Gasteiger charge is -2.32. The van der Waals surface area contributed by atoms with Crippen LogP contribution in [0, 0.1) is 20.8 Å². The fourth-order valence-electron chi connectivity index (χ4n) is 15.8. The van der Waals surface area contributed by atoms with Crippen LogP contribution in [0.5, 0.6) is 69.0 Å². The van der Waals surface area contributed by atoms with E-state index in [-0.39, 0.29) is 49.4 Å². The third-order valence-electron chi connectivity index (χ3n) is 24.1. The van der Waals surface area contributed by atoms with Gasteiger partial charge in [0.1, 0.15) is 108 Å². The average Bonchev–Trinajstić information content (AvgIpc) is 0.768. The van der Waals surface area contributed by atoms with Crippen molar-refractivity contribution in [3.8, 4) is 69.0 Å². The van der Waals surface area contributed by atoms with Gasteiger partial charge >= 0.3 is 5.97 Å². The maximum absolute atomic E-state index is 12.9. The molecule has 0 amide bonds. The predicted molar refractivity (Wildman–Crippen MR) is 543 cm³/mol. The van der Waals surface area contributed by atoms with Gasteiger partial charge in [0.15, 0.2) is 17.3 Å². The fourth-order valence-corrected chi connectivity index (χ4v) is 15.8. The molecule has 2 N–H and O–H groups in total. The maximum atomic E-state index is 12.9. The molecule has 5 unspecified atom stereocenters. The van der Waals surface area contributed by atoms with Gasteiger partial charge in [0.2, 0.25) is 0 Å². The predicted octanol–water partition coefficient (Wildman–Crippen LogP) is 25.5. The highest BCUT2D eigenvalue weighted by atomic mass is 16.6. The van der Waals surface area contributed by atoms with Crippen LogP contribution in [0.2, 0.25) is 0 Å². The Bertz CT molecular complexity index is 6530. The van der Waals surface area contributed by atoms with Crippen molar-refractivity contribution >= 4 is 23.3 Å². The molecule has 0 heterocycles. The van der Waals surface area contributed by atoms with Gasteiger partial charge < -0.3 is 62.3 Å². The van der Waals surface area contributed by atoms with Gasteiger partial charge in [-0.2, -0.15) is 0 Å². The molecule has 17 heteroatoms. The summed E-state index contributed by atoms with van der Waals surface area (Å²) in [5.74, 6) is 7.74. The lowest BCUT2D eigenvalue weighted by Crippen LogP contribution is -2.26. The van der Waals surface area contributed by atoms with Crippen LogP contribution >= 0.6 is 0 Å². The smallest absolute Gasteiger partial charge is 0.333 e. The molecule has 15 aromatic carbocycles. The second-order valence-corrected chi connectivity index (χ2v) is 33.9. The number of ketones is 3. The average molecular weight is 1840 g/mol. The van der Waals surface area contributed by atoms with Crippen molar-refractivity contribution in [2.24, 2.45) is 0 Å². The zero-order valence-electron chi connectivity index (χ0n) is 79.3. The molecule has 15 aromatic rings. The van der Waals surface area contributed by atoms with Crippen molar-refractivity contribution in [2.75, 3.05) is 61.0 Å². The van der Waals surface area contributed by atoms with Crippen LogP contribution in [-0.4, -0.2) is 107 Å². The van der Waals surface area contributed by atoms with Crippen LogP contribution in [0.4, 0.5) is 0 Å². The molecule has 17 nitrogen and oxygen atoms in total. The van der Waals surface area contributed by atoms with E-state index in [1.165, 1.54) is 0 Å². The summed E-state index contributed by atoms with van der Waals surface area (Å²) in [6, 6.07) is 117. The molecule has 0 fully saturated rings.